The SMILES string of the molecule is CCS(=O)c1ccccc1C(=O)OCC(=O)Nc1ccc2c(c1)OCCCO2. The summed E-state index contributed by atoms with van der Waals surface area (Å²) < 4.78 is 28.3. The molecule has 1 aliphatic rings. The molecule has 148 valence electrons. The Kier molecular flexibility index (Phi) is 6.65. The fourth-order valence-corrected chi connectivity index (χ4v) is 3.57. The Morgan fingerprint density at radius 2 is 1.86 bits per heavy atom. The van der Waals surface area contributed by atoms with Gasteiger partial charge in [0.05, 0.1) is 34.5 Å². The first-order chi connectivity index (χ1) is 13.6. The largest absolute Gasteiger partial charge is 0.490 e. The Morgan fingerprint density at radius 1 is 1.11 bits per heavy atom. The number of anilines is 1. The number of esters is 1. The van der Waals surface area contributed by atoms with Crippen molar-refractivity contribution in [2.24, 2.45) is 0 Å². The van der Waals surface area contributed by atoms with Crippen LogP contribution in [0.2, 0.25) is 0 Å². The molecule has 0 bridgehead atoms. The molecule has 8 heteroatoms. The van der Waals surface area contributed by atoms with Crippen molar-refractivity contribution in [3.05, 3.63) is 48.0 Å². The van der Waals surface area contributed by atoms with Gasteiger partial charge >= 0.3 is 5.97 Å². The maximum absolute atomic E-state index is 12.3. The second kappa shape index (κ2) is 9.36. The van der Waals surface area contributed by atoms with Gasteiger partial charge in [0, 0.05) is 23.9 Å². The van der Waals surface area contributed by atoms with E-state index in [-0.39, 0.29) is 5.56 Å². The molecule has 28 heavy (non-hydrogen) atoms. The number of carbonyl (C=O) groups excluding carboxylic acids is 2. The molecule has 1 unspecified atom stereocenters. The van der Waals surface area contributed by atoms with Crippen LogP contribution >= 0.6 is 0 Å². The third-order valence-corrected chi connectivity index (χ3v) is 5.35. The fourth-order valence-electron chi connectivity index (χ4n) is 2.64. The summed E-state index contributed by atoms with van der Waals surface area (Å²) in [6.45, 7) is 2.43. The molecular weight excluding hydrogens is 382 g/mol. The summed E-state index contributed by atoms with van der Waals surface area (Å²) in [5.41, 5.74) is 0.712. The molecule has 0 fully saturated rings. The lowest BCUT2D eigenvalue weighted by atomic mass is 10.2. The Labute approximate surface area is 165 Å². The number of fused-ring (bicyclic) bond motifs is 1. The summed E-state index contributed by atoms with van der Waals surface area (Å²) in [5.74, 6) is 0.392. The minimum atomic E-state index is -1.30. The van der Waals surface area contributed by atoms with Gasteiger partial charge in [0.1, 0.15) is 0 Å². The number of ether oxygens (including phenoxy) is 3. The van der Waals surface area contributed by atoms with Crippen LogP contribution in [0.15, 0.2) is 47.4 Å². The van der Waals surface area contributed by atoms with E-state index in [0.717, 1.165) is 6.42 Å². The molecule has 0 spiro atoms. The second-order valence-corrected chi connectivity index (χ2v) is 7.67. The zero-order chi connectivity index (χ0) is 19.9. The number of nitrogens with one attached hydrogen (secondary N) is 1. The van der Waals surface area contributed by atoms with Gasteiger partial charge in [-0.15, -0.1) is 0 Å². The first-order valence-corrected chi connectivity index (χ1v) is 10.2. The Balaban J connectivity index is 1.60. The zero-order valence-electron chi connectivity index (χ0n) is 15.4. The van der Waals surface area contributed by atoms with Gasteiger partial charge < -0.3 is 19.5 Å². The molecule has 0 radical (unpaired) electrons. The molecule has 0 aromatic heterocycles. The third kappa shape index (κ3) is 4.89. The summed E-state index contributed by atoms with van der Waals surface area (Å²) in [6, 6.07) is 11.6. The van der Waals surface area contributed by atoms with Gasteiger partial charge in [0.25, 0.3) is 5.91 Å². The zero-order valence-corrected chi connectivity index (χ0v) is 16.3. The summed E-state index contributed by atoms with van der Waals surface area (Å²) >= 11 is 0. The molecular formula is C20H21NO6S. The normalized spacial score (nSPS) is 13.9. The van der Waals surface area contributed by atoms with Crippen LogP contribution in [0.3, 0.4) is 0 Å². The van der Waals surface area contributed by atoms with E-state index in [9.17, 15) is 13.8 Å². The predicted molar refractivity (Wildman–Crippen MR) is 104 cm³/mol. The summed E-state index contributed by atoms with van der Waals surface area (Å²) in [7, 11) is -1.30. The molecule has 1 aliphatic heterocycles. The van der Waals surface area contributed by atoms with Crippen LogP contribution in [-0.4, -0.2) is 41.7 Å². The highest BCUT2D eigenvalue weighted by atomic mass is 32.2. The molecule has 0 saturated carbocycles. The Morgan fingerprint density at radius 3 is 2.64 bits per heavy atom. The number of amides is 1. The van der Waals surface area contributed by atoms with Crippen molar-refractivity contribution in [2.45, 2.75) is 18.2 Å². The van der Waals surface area contributed by atoms with Gasteiger partial charge in [-0.3, -0.25) is 9.00 Å². The predicted octanol–water partition coefficient (Wildman–Crippen LogP) is 2.77. The van der Waals surface area contributed by atoms with E-state index in [0.29, 0.717) is 41.0 Å². The average Bonchev–Trinajstić information content (AvgIpc) is 2.96. The lowest BCUT2D eigenvalue weighted by molar-refractivity contribution is -0.119. The first kappa shape index (κ1) is 19.9. The molecule has 1 atom stereocenters. The molecule has 0 aliphatic carbocycles. The van der Waals surface area contributed by atoms with Crippen LogP contribution in [0, 0.1) is 0 Å². The fraction of sp³-hybridized carbons (Fsp3) is 0.300. The van der Waals surface area contributed by atoms with E-state index in [1.807, 2.05) is 0 Å². The number of hydrogen-bond donors (Lipinski definition) is 1. The number of hydrogen-bond acceptors (Lipinski definition) is 6. The Bertz CT molecular complexity index is 898. The smallest absolute Gasteiger partial charge is 0.339 e. The van der Waals surface area contributed by atoms with Crippen molar-refractivity contribution in [1.82, 2.24) is 0 Å². The molecule has 2 aromatic rings. The highest BCUT2D eigenvalue weighted by Crippen LogP contribution is 2.32. The number of benzene rings is 2. The van der Waals surface area contributed by atoms with E-state index in [1.54, 1.807) is 43.3 Å². The van der Waals surface area contributed by atoms with Gasteiger partial charge in [-0.25, -0.2) is 4.79 Å². The van der Waals surface area contributed by atoms with Crippen LogP contribution in [0.25, 0.3) is 0 Å². The standard InChI is InChI=1S/C20H21NO6S/c1-2-28(24)18-7-4-3-6-15(18)20(23)27-13-19(22)21-14-8-9-16-17(12-14)26-11-5-10-25-16/h3-4,6-9,12H,2,5,10-11,13H2,1H3,(H,21,22). The highest BCUT2D eigenvalue weighted by molar-refractivity contribution is 7.85. The van der Waals surface area contributed by atoms with Crippen molar-refractivity contribution in [3.63, 3.8) is 0 Å². The molecule has 1 N–H and O–H groups in total. The van der Waals surface area contributed by atoms with Gasteiger partial charge in [-0.2, -0.15) is 0 Å². The van der Waals surface area contributed by atoms with Crippen molar-refractivity contribution in [1.29, 1.82) is 0 Å². The molecule has 0 saturated heterocycles. The monoisotopic (exact) mass is 403 g/mol. The lowest BCUT2D eigenvalue weighted by Gasteiger charge is -2.11. The molecule has 3 rings (SSSR count). The number of carbonyl (C=O) groups is 2. The molecule has 1 amide bonds. The summed E-state index contributed by atoms with van der Waals surface area (Å²) in [5, 5.41) is 2.66. The van der Waals surface area contributed by atoms with Crippen molar-refractivity contribution in [3.8, 4) is 11.5 Å². The Hall–Kier alpha value is -2.87. The minimum absolute atomic E-state index is 0.200. The van der Waals surface area contributed by atoms with Crippen molar-refractivity contribution < 1.29 is 28.0 Å². The van der Waals surface area contributed by atoms with Crippen molar-refractivity contribution >= 4 is 28.4 Å². The lowest BCUT2D eigenvalue weighted by Crippen LogP contribution is -2.21. The summed E-state index contributed by atoms with van der Waals surface area (Å²) in [4.78, 5) is 24.8. The van der Waals surface area contributed by atoms with Crippen molar-refractivity contribution in [2.75, 3.05) is 30.9 Å². The van der Waals surface area contributed by atoms with Crippen LogP contribution < -0.4 is 14.8 Å². The maximum Gasteiger partial charge on any atom is 0.339 e. The van der Waals surface area contributed by atoms with Crippen LogP contribution in [0.5, 0.6) is 11.5 Å². The van der Waals surface area contributed by atoms with Gasteiger partial charge in [0.15, 0.2) is 18.1 Å². The number of rotatable bonds is 6. The van der Waals surface area contributed by atoms with Crippen LogP contribution in [0.4, 0.5) is 5.69 Å². The van der Waals surface area contributed by atoms with E-state index in [1.165, 1.54) is 6.07 Å². The maximum atomic E-state index is 12.3. The molecule has 1 heterocycles. The minimum Gasteiger partial charge on any atom is -0.490 e. The van der Waals surface area contributed by atoms with E-state index in [2.05, 4.69) is 5.32 Å². The molecule has 2 aromatic carbocycles. The third-order valence-electron chi connectivity index (χ3n) is 3.98. The van der Waals surface area contributed by atoms with E-state index in [4.69, 9.17) is 14.2 Å². The average molecular weight is 403 g/mol. The van der Waals surface area contributed by atoms with Gasteiger partial charge in [-0.05, 0) is 24.3 Å². The quantitative estimate of drug-likeness (QED) is 0.746. The summed E-state index contributed by atoms with van der Waals surface area (Å²) in [6.07, 6.45) is 0.788. The van der Waals surface area contributed by atoms with Crippen LogP contribution in [-0.2, 0) is 20.3 Å². The van der Waals surface area contributed by atoms with Crippen LogP contribution in [0.1, 0.15) is 23.7 Å². The second-order valence-electron chi connectivity index (χ2n) is 5.97. The topological polar surface area (TPSA) is 90.9 Å². The van der Waals surface area contributed by atoms with E-state index < -0.39 is 29.3 Å². The van der Waals surface area contributed by atoms with Gasteiger partial charge in [0.2, 0.25) is 0 Å². The highest BCUT2D eigenvalue weighted by Gasteiger charge is 2.17. The first-order valence-electron chi connectivity index (χ1n) is 8.92. The van der Waals surface area contributed by atoms with Gasteiger partial charge in [-0.1, -0.05) is 19.1 Å². The van der Waals surface area contributed by atoms with E-state index >= 15 is 0 Å². The molecule has 7 nitrogen and oxygen atoms in total.